The second kappa shape index (κ2) is 5.02. The van der Waals surface area contributed by atoms with Crippen molar-refractivity contribution >= 4 is 22.7 Å². The largest absolute Gasteiger partial charge is 0.506 e. The summed E-state index contributed by atoms with van der Waals surface area (Å²) in [7, 11) is 0. The van der Waals surface area contributed by atoms with Gasteiger partial charge in [-0.25, -0.2) is 4.99 Å². The maximum Gasteiger partial charge on any atom is 0.143 e. The molecular formula is C19H17N3O. The fourth-order valence-corrected chi connectivity index (χ4v) is 2.91. The van der Waals surface area contributed by atoms with Crippen molar-refractivity contribution in [1.29, 1.82) is 0 Å². The zero-order valence-corrected chi connectivity index (χ0v) is 13.0. The van der Waals surface area contributed by atoms with Crippen molar-refractivity contribution in [1.82, 2.24) is 9.97 Å². The summed E-state index contributed by atoms with van der Waals surface area (Å²) in [6.07, 6.45) is 3.57. The minimum absolute atomic E-state index is 0.185. The molecule has 4 heteroatoms. The van der Waals surface area contributed by atoms with Crippen LogP contribution in [0.25, 0.3) is 17.0 Å². The fraction of sp³-hybridized carbons (Fsp3) is 0.105. The van der Waals surface area contributed by atoms with Crippen LogP contribution >= 0.6 is 0 Å². The molecule has 0 radical (unpaired) electrons. The van der Waals surface area contributed by atoms with Crippen molar-refractivity contribution in [3.63, 3.8) is 0 Å². The number of nitrogens with one attached hydrogen (secondary N) is 2. The summed E-state index contributed by atoms with van der Waals surface area (Å²) in [5, 5.41) is 11.3. The van der Waals surface area contributed by atoms with Crippen molar-refractivity contribution in [3.8, 4) is 0 Å². The van der Waals surface area contributed by atoms with E-state index in [2.05, 4.69) is 27.1 Å². The highest BCUT2D eigenvalue weighted by Crippen LogP contribution is 2.25. The molecule has 0 saturated carbocycles. The Bertz CT molecular complexity index is 966. The summed E-state index contributed by atoms with van der Waals surface area (Å²) in [5.41, 5.74) is 6.48. The van der Waals surface area contributed by atoms with Crippen molar-refractivity contribution in [3.05, 3.63) is 76.6 Å². The predicted octanol–water partition coefficient (Wildman–Crippen LogP) is 4.40. The lowest BCUT2D eigenvalue weighted by Gasteiger charge is -1.96. The Kier molecular flexibility index (Phi) is 2.98. The van der Waals surface area contributed by atoms with E-state index in [0.29, 0.717) is 5.70 Å². The summed E-state index contributed by atoms with van der Waals surface area (Å²) < 4.78 is 0. The van der Waals surface area contributed by atoms with E-state index in [4.69, 9.17) is 0 Å². The van der Waals surface area contributed by atoms with E-state index in [1.807, 2.05) is 44.2 Å². The first kappa shape index (κ1) is 13.6. The van der Waals surface area contributed by atoms with Crippen molar-refractivity contribution in [2.45, 2.75) is 13.8 Å². The number of fused-ring (bicyclic) bond motifs is 1. The van der Waals surface area contributed by atoms with E-state index in [0.717, 1.165) is 39.3 Å². The summed E-state index contributed by atoms with van der Waals surface area (Å²) in [5.74, 6) is 0.185. The maximum atomic E-state index is 10.2. The van der Waals surface area contributed by atoms with Gasteiger partial charge in [-0.3, -0.25) is 0 Å². The average molecular weight is 303 g/mol. The number of aromatic nitrogens is 2. The number of aliphatic imine (C=N–C) groups is 1. The van der Waals surface area contributed by atoms with Crippen molar-refractivity contribution in [2.75, 3.05) is 0 Å². The molecule has 4 rings (SSSR count). The third-order valence-electron chi connectivity index (χ3n) is 4.05. The first-order chi connectivity index (χ1) is 11.1. The van der Waals surface area contributed by atoms with Gasteiger partial charge in [0.25, 0.3) is 0 Å². The van der Waals surface area contributed by atoms with Gasteiger partial charge in [0.2, 0.25) is 0 Å². The zero-order chi connectivity index (χ0) is 16.0. The summed E-state index contributed by atoms with van der Waals surface area (Å²) in [6, 6.07) is 12.2. The van der Waals surface area contributed by atoms with Gasteiger partial charge < -0.3 is 15.1 Å². The van der Waals surface area contributed by atoms with Crippen LogP contribution in [0.2, 0.25) is 0 Å². The van der Waals surface area contributed by atoms with Gasteiger partial charge in [0.15, 0.2) is 0 Å². The van der Waals surface area contributed by atoms with Crippen LogP contribution in [0.1, 0.15) is 22.6 Å². The molecule has 0 bridgehead atoms. The van der Waals surface area contributed by atoms with Crippen molar-refractivity contribution < 1.29 is 5.11 Å². The van der Waals surface area contributed by atoms with E-state index in [-0.39, 0.29) is 5.76 Å². The SMILES string of the molecule is Cc1cc(C)c(/C=C2\N=C(c3cc4ccccc4[nH]3)C=C2O)[nH]1. The number of aliphatic hydroxyl groups excluding tert-OH is 1. The number of benzene rings is 1. The standard InChI is InChI=1S/C19H17N3O/c1-11-7-12(2)20-15(11)9-18-19(23)10-17(22-18)16-8-13-5-3-4-6-14(13)21-16/h3-10,20-21,23H,1-2H3/b18-9-. The number of allylic oxidation sites excluding steroid dienone is 1. The molecule has 0 amide bonds. The summed E-state index contributed by atoms with van der Waals surface area (Å²) >= 11 is 0. The Balaban J connectivity index is 1.75. The van der Waals surface area contributed by atoms with Gasteiger partial charge in [-0.05, 0) is 43.7 Å². The van der Waals surface area contributed by atoms with Gasteiger partial charge in [0, 0.05) is 28.4 Å². The Hall–Kier alpha value is -3.01. The minimum Gasteiger partial charge on any atom is -0.506 e. The van der Waals surface area contributed by atoms with E-state index in [1.165, 1.54) is 0 Å². The van der Waals surface area contributed by atoms with Crippen LogP contribution in [0, 0.1) is 13.8 Å². The number of nitrogens with zero attached hydrogens (tertiary/aromatic N) is 1. The third-order valence-corrected chi connectivity index (χ3v) is 4.05. The highest BCUT2D eigenvalue weighted by Gasteiger charge is 2.17. The molecular weight excluding hydrogens is 286 g/mol. The second-order valence-electron chi connectivity index (χ2n) is 5.88. The number of aryl methyl sites for hydroxylation is 2. The molecule has 1 aliphatic rings. The van der Waals surface area contributed by atoms with Crippen LogP contribution in [0.3, 0.4) is 0 Å². The predicted molar refractivity (Wildman–Crippen MR) is 93.8 cm³/mol. The number of aliphatic hydroxyl groups is 1. The van der Waals surface area contributed by atoms with Gasteiger partial charge >= 0.3 is 0 Å². The molecule has 0 aliphatic carbocycles. The first-order valence-electron chi connectivity index (χ1n) is 7.56. The Labute approximate surface area is 133 Å². The van der Waals surface area contributed by atoms with Gasteiger partial charge in [-0.2, -0.15) is 0 Å². The molecule has 23 heavy (non-hydrogen) atoms. The molecule has 1 aliphatic heterocycles. The van der Waals surface area contributed by atoms with Crippen LogP contribution in [0.5, 0.6) is 0 Å². The lowest BCUT2D eigenvalue weighted by Crippen LogP contribution is -1.93. The van der Waals surface area contributed by atoms with Crippen LogP contribution in [0.4, 0.5) is 0 Å². The third kappa shape index (κ3) is 2.38. The average Bonchev–Trinajstić information content (AvgIpc) is 3.18. The molecule has 0 fully saturated rings. The zero-order valence-electron chi connectivity index (χ0n) is 13.0. The Morgan fingerprint density at radius 3 is 2.65 bits per heavy atom. The summed E-state index contributed by atoms with van der Waals surface area (Å²) in [6.45, 7) is 4.05. The molecule has 0 atom stereocenters. The normalized spacial score (nSPS) is 16.2. The van der Waals surface area contributed by atoms with E-state index in [1.54, 1.807) is 6.08 Å². The van der Waals surface area contributed by atoms with Gasteiger partial charge in [0.1, 0.15) is 11.5 Å². The van der Waals surface area contributed by atoms with E-state index >= 15 is 0 Å². The molecule has 0 unspecified atom stereocenters. The molecule has 4 nitrogen and oxygen atoms in total. The van der Waals surface area contributed by atoms with E-state index < -0.39 is 0 Å². The Morgan fingerprint density at radius 2 is 1.91 bits per heavy atom. The molecule has 0 spiro atoms. The highest BCUT2D eigenvalue weighted by atomic mass is 16.3. The Morgan fingerprint density at radius 1 is 1.09 bits per heavy atom. The smallest absolute Gasteiger partial charge is 0.143 e. The molecule has 3 N–H and O–H groups in total. The number of H-pyrrole nitrogens is 2. The molecule has 3 aromatic rings. The number of hydrogen-bond acceptors (Lipinski definition) is 2. The molecule has 3 heterocycles. The van der Waals surface area contributed by atoms with Gasteiger partial charge in [-0.15, -0.1) is 0 Å². The van der Waals surface area contributed by atoms with Crippen LogP contribution < -0.4 is 0 Å². The molecule has 0 saturated heterocycles. The minimum atomic E-state index is 0.185. The topological polar surface area (TPSA) is 64.2 Å². The monoisotopic (exact) mass is 303 g/mol. The summed E-state index contributed by atoms with van der Waals surface area (Å²) in [4.78, 5) is 11.2. The second-order valence-corrected chi connectivity index (χ2v) is 5.88. The molecule has 1 aromatic carbocycles. The van der Waals surface area contributed by atoms with Crippen LogP contribution in [-0.4, -0.2) is 20.8 Å². The lowest BCUT2D eigenvalue weighted by molar-refractivity contribution is 0.426. The first-order valence-corrected chi connectivity index (χ1v) is 7.56. The number of para-hydroxylation sites is 1. The quantitative estimate of drug-likeness (QED) is 0.645. The molecule has 114 valence electrons. The van der Waals surface area contributed by atoms with Crippen LogP contribution in [-0.2, 0) is 0 Å². The van der Waals surface area contributed by atoms with E-state index in [9.17, 15) is 5.11 Å². The number of aromatic amines is 2. The van der Waals surface area contributed by atoms with Crippen LogP contribution in [0.15, 0.2) is 58.9 Å². The van der Waals surface area contributed by atoms with Gasteiger partial charge in [-0.1, -0.05) is 18.2 Å². The van der Waals surface area contributed by atoms with Gasteiger partial charge in [0.05, 0.1) is 11.4 Å². The number of rotatable bonds is 2. The lowest BCUT2D eigenvalue weighted by atomic mass is 10.2. The number of hydrogen-bond donors (Lipinski definition) is 3. The van der Waals surface area contributed by atoms with Crippen molar-refractivity contribution in [2.24, 2.45) is 4.99 Å². The fourth-order valence-electron chi connectivity index (χ4n) is 2.91. The highest BCUT2D eigenvalue weighted by molar-refractivity contribution is 6.12. The maximum absolute atomic E-state index is 10.2. The molecule has 2 aromatic heterocycles.